The number of carboxylic acid groups (broad SMARTS) is 1. The molecule has 0 saturated carbocycles. The Labute approximate surface area is 99.2 Å². The smallest absolute Gasteiger partial charge is 0.335 e. The van der Waals surface area contributed by atoms with Crippen LogP contribution in [0.2, 0.25) is 0 Å². The van der Waals surface area contributed by atoms with E-state index in [0.717, 1.165) is 0 Å². The third-order valence-corrected chi connectivity index (χ3v) is 2.40. The fourth-order valence-corrected chi connectivity index (χ4v) is 1.49. The van der Waals surface area contributed by atoms with E-state index in [-0.39, 0.29) is 5.56 Å². The number of carbonyl (C=O) groups excluding carboxylic acids is 1. The molecule has 0 saturated heterocycles. The molecule has 1 unspecified atom stereocenters. The van der Waals surface area contributed by atoms with Gasteiger partial charge in [0.15, 0.2) is 6.10 Å². The molecule has 0 bridgehead atoms. The monoisotopic (exact) mass is 237 g/mol. The van der Waals surface area contributed by atoms with E-state index in [9.17, 15) is 9.59 Å². The molecule has 1 aromatic rings. The van der Waals surface area contributed by atoms with Crippen LogP contribution in [0.25, 0.3) is 0 Å². The Balaban J connectivity index is 3.10. The second-order valence-electron chi connectivity index (χ2n) is 3.91. The van der Waals surface area contributed by atoms with Gasteiger partial charge in [0.25, 0.3) is 5.91 Å². The fourth-order valence-electron chi connectivity index (χ4n) is 1.49. The molecule has 5 heteroatoms. The molecule has 3 N–H and O–H groups in total. The standard InChI is InChI=1S/C12H15NO4/c1-6-4-9(12(15)16)5-7(2)10(6)17-8(3)11(13)14/h4-5,8H,1-3H3,(H2,13,14)(H,15,16). The van der Waals surface area contributed by atoms with Crippen molar-refractivity contribution in [2.45, 2.75) is 26.9 Å². The first-order chi connectivity index (χ1) is 7.82. The lowest BCUT2D eigenvalue weighted by molar-refractivity contribution is -0.124. The molecule has 0 spiro atoms. The normalized spacial score (nSPS) is 11.9. The Kier molecular flexibility index (Phi) is 3.73. The second kappa shape index (κ2) is 4.86. The third kappa shape index (κ3) is 2.96. The lowest BCUT2D eigenvalue weighted by Crippen LogP contribution is -2.31. The number of hydrogen-bond acceptors (Lipinski definition) is 3. The van der Waals surface area contributed by atoms with E-state index >= 15 is 0 Å². The zero-order chi connectivity index (χ0) is 13.2. The molecule has 0 aliphatic carbocycles. The van der Waals surface area contributed by atoms with E-state index in [2.05, 4.69) is 0 Å². The summed E-state index contributed by atoms with van der Waals surface area (Å²) in [6.45, 7) is 5.00. The number of hydrogen-bond donors (Lipinski definition) is 2. The van der Waals surface area contributed by atoms with Crippen molar-refractivity contribution < 1.29 is 19.4 Å². The van der Waals surface area contributed by atoms with Gasteiger partial charge >= 0.3 is 5.97 Å². The average Bonchev–Trinajstić information content (AvgIpc) is 2.22. The molecule has 1 rings (SSSR count). The van der Waals surface area contributed by atoms with Gasteiger partial charge in [0.05, 0.1) is 5.56 Å². The Morgan fingerprint density at radius 2 is 1.76 bits per heavy atom. The average molecular weight is 237 g/mol. The largest absolute Gasteiger partial charge is 0.480 e. The Morgan fingerprint density at radius 1 is 1.29 bits per heavy atom. The van der Waals surface area contributed by atoms with Gasteiger partial charge in [0.2, 0.25) is 0 Å². The van der Waals surface area contributed by atoms with Gasteiger partial charge < -0.3 is 15.6 Å². The number of ether oxygens (including phenoxy) is 1. The molecule has 1 aromatic carbocycles. The van der Waals surface area contributed by atoms with Gasteiger partial charge in [-0.25, -0.2) is 4.79 Å². The van der Waals surface area contributed by atoms with Crippen LogP contribution < -0.4 is 10.5 Å². The highest BCUT2D eigenvalue weighted by molar-refractivity contribution is 5.88. The first kappa shape index (κ1) is 13.0. The zero-order valence-electron chi connectivity index (χ0n) is 9.98. The van der Waals surface area contributed by atoms with Crippen LogP contribution >= 0.6 is 0 Å². The minimum Gasteiger partial charge on any atom is -0.480 e. The van der Waals surface area contributed by atoms with Crippen molar-refractivity contribution in [1.29, 1.82) is 0 Å². The number of rotatable bonds is 4. The van der Waals surface area contributed by atoms with E-state index in [1.807, 2.05) is 0 Å². The van der Waals surface area contributed by atoms with Crippen LogP contribution in [0.4, 0.5) is 0 Å². The number of aromatic carboxylic acids is 1. The quantitative estimate of drug-likeness (QED) is 0.824. The molecule has 5 nitrogen and oxygen atoms in total. The highest BCUT2D eigenvalue weighted by atomic mass is 16.5. The molecule has 1 amide bonds. The zero-order valence-corrected chi connectivity index (χ0v) is 9.98. The summed E-state index contributed by atoms with van der Waals surface area (Å²) >= 11 is 0. The Bertz CT molecular complexity index is 445. The van der Waals surface area contributed by atoms with Gasteiger partial charge in [-0.15, -0.1) is 0 Å². The lowest BCUT2D eigenvalue weighted by atomic mass is 10.1. The molecule has 0 fully saturated rings. The molecule has 0 radical (unpaired) electrons. The van der Waals surface area contributed by atoms with Gasteiger partial charge in [-0.05, 0) is 44.0 Å². The molecule has 0 aliphatic rings. The number of carbonyl (C=O) groups is 2. The second-order valence-corrected chi connectivity index (χ2v) is 3.91. The fraction of sp³-hybridized carbons (Fsp3) is 0.333. The number of carboxylic acids is 1. The van der Waals surface area contributed by atoms with Crippen LogP contribution in [0.1, 0.15) is 28.4 Å². The minimum atomic E-state index is -0.995. The van der Waals surface area contributed by atoms with Crippen LogP contribution in [0.15, 0.2) is 12.1 Å². The maximum absolute atomic E-state index is 10.9. The molecule has 0 heterocycles. The van der Waals surface area contributed by atoms with Crippen LogP contribution in [0.3, 0.4) is 0 Å². The van der Waals surface area contributed by atoms with Crippen LogP contribution in [-0.2, 0) is 4.79 Å². The summed E-state index contributed by atoms with van der Waals surface area (Å²) in [6.07, 6.45) is -0.747. The van der Waals surface area contributed by atoms with Crippen LogP contribution in [0.5, 0.6) is 5.75 Å². The number of aryl methyl sites for hydroxylation is 2. The van der Waals surface area contributed by atoms with Gasteiger partial charge in [-0.1, -0.05) is 0 Å². The number of nitrogens with two attached hydrogens (primary N) is 1. The van der Waals surface area contributed by atoms with Crippen molar-refractivity contribution in [2.75, 3.05) is 0 Å². The summed E-state index contributed by atoms with van der Waals surface area (Å²) in [5.41, 5.74) is 6.62. The summed E-state index contributed by atoms with van der Waals surface area (Å²) in [4.78, 5) is 21.7. The predicted molar refractivity (Wildman–Crippen MR) is 62.2 cm³/mol. The van der Waals surface area contributed by atoms with Crippen molar-refractivity contribution in [3.8, 4) is 5.75 Å². The van der Waals surface area contributed by atoms with E-state index in [1.54, 1.807) is 20.8 Å². The number of primary amides is 1. The molecule has 1 atom stereocenters. The van der Waals surface area contributed by atoms with E-state index < -0.39 is 18.0 Å². The van der Waals surface area contributed by atoms with Crippen molar-refractivity contribution in [2.24, 2.45) is 5.73 Å². The number of amides is 1. The predicted octanol–water partition coefficient (Wildman–Crippen LogP) is 1.25. The summed E-state index contributed by atoms with van der Waals surface area (Å²) in [7, 11) is 0. The Hall–Kier alpha value is -2.04. The third-order valence-electron chi connectivity index (χ3n) is 2.40. The van der Waals surface area contributed by atoms with E-state index in [4.69, 9.17) is 15.6 Å². The number of benzene rings is 1. The van der Waals surface area contributed by atoms with Crippen molar-refractivity contribution in [3.63, 3.8) is 0 Å². The topological polar surface area (TPSA) is 89.6 Å². The van der Waals surface area contributed by atoms with E-state index in [1.165, 1.54) is 12.1 Å². The summed E-state index contributed by atoms with van der Waals surface area (Å²) in [5, 5.41) is 8.88. The van der Waals surface area contributed by atoms with Crippen molar-refractivity contribution in [1.82, 2.24) is 0 Å². The van der Waals surface area contributed by atoms with Gasteiger partial charge in [0.1, 0.15) is 5.75 Å². The maximum atomic E-state index is 10.9. The highest BCUT2D eigenvalue weighted by Gasteiger charge is 2.15. The van der Waals surface area contributed by atoms with Crippen molar-refractivity contribution in [3.05, 3.63) is 28.8 Å². The molecule has 92 valence electrons. The minimum absolute atomic E-state index is 0.194. The van der Waals surface area contributed by atoms with Crippen molar-refractivity contribution >= 4 is 11.9 Å². The molecule has 17 heavy (non-hydrogen) atoms. The SMILES string of the molecule is Cc1cc(C(=O)O)cc(C)c1OC(C)C(N)=O. The molecular formula is C12H15NO4. The highest BCUT2D eigenvalue weighted by Crippen LogP contribution is 2.25. The molecular weight excluding hydrogens is 222 g/mol. The molecule has 0 aromatic heterocycles. The first-order valence-corrected chi connectivity index (χ1v) is 5.13. The van der Waals surface area contributed by atoms with Crippen LogP contribution in [-0.4, -0.2) is 23.1 Å². The first-order valence-electron chi connectivity index (χ1n) is 5.13. The van der Waals surface area contributed by atoms with Gasteiger partial charge in [0, 0.05) is 0 Å². The summed E-state index contributed by atoms with van der Waals surface area (Å²) in [6, 6.07) is 3.00. The van der Waals surface area contributed by atoms with Gasteiger partial charge in [-0.3, -0.25) is 4.79 Å². The van der Waals surface area contributed by atoms with Crippen LogP contribution in [0, 0.1) is 13.8 Å². The maximum Gasteiger partial charge on any atom is 0.335 e. The Morgan fingerprint density at radius 3 is 2.12 bits per heavy atom. The van der Waals surface area contributed by atoms with E-state index in [0.29, 0.717) is 16.9 Å². The summed E-state index contributed by atoms with van der Waals surface area (Å²) < 4.78 is 5.40. The summed E-state index contributed by atoms with van der Waals surface area (Å²) in [5.74, 6) is -1.06. The molecule has 0 aliphatic heterocycles. The van der Waals surface area contributed by atoms with Gasteiger partial charge in [-0.2, -0.15) is 0 Å². The lowest BCUT2D eigenvalue weighted by Gasteiger charge is -2.16.